The number of hydrogen-bond donors (Lipinski definition) is 0. The van der Waals surface area contributed by atoms with Crippen LogP contribution < -0.4 is 9.47 Å². The molecule has 0 unspecified atom stereocenters. The van der Waals surface area contributed by atoms with Crippen LogP contribution >= 0.6 is 0 Å². The first kappa shape index (κ1) is 20.4. The second-order valence-electron chi connectivity index (χ2n) is 6.96. The molecule has 0 aliphatic carbocycles. The van der Waals surface area contributed by atoms with E-state index in [0.29, 0.717) is 23.9 Å². The van der Waals surface area contributed by atoms with E-state index < -0.39 is 0 Å². The Morgan fingerprint density at radius 3 is 1.81 bits per heavy atom. The van der Waals surface area contributed by atoms with Crippen LogP contribution in [0.15, 0.2) is 73.3 Å². The molecule has 2 heterocycles. The standard InChI is InChI=1S/C24H21FN4O2/c1-30-24-28-15-19(16-29-24)12-18-13-26-23(27-14-18)11-4-17-2-7-21(8-3-17)31-22-9-5-20(25)6-10-22/h2-3,5-10,13-16H,4,11-12H2,1H3. The minimum atomic E-state index is -0.285. The van der Waals surface area contributed by atoms with Gasteiger partial charge in [0, 0.05) is 37.6 Å². The van der Waals surface area contributed by atoms with Crippen molar-refractivity contribution in [3.8, 4) is 17.5 Å². The van der Waals surface area contributed by atoms with Crippen molar-refractivity contribution in [2.75, 3.05) is 7.11 Å². The van der Waals surface area contributed by atoms with Crippen molar-refractivity contribution in [2.45, 2.75) is 19.3 Å². The van der Waals surface area contributed by atoms with Gasteiger partial charge in [-0.25, -0.2) is 24.3 Å². The van der Waals surface area contributed by atoms with E-state index in [-0.39, 0.29) is 5.82 Å². The molecule has 0 amide bonds. The van der Waals surface area contributed by atoms with Gasteiger partial charge in [-0.15, -0.1) is 0 Å². The van der Waals surface area contributed by atoms with Gasteiger partial charge >= 0.3 is 6.01 Å². The number of rotatable bonds is 8. The first-order valence-electron chi connectivity index (χ1n) is 9.85. The Morgan fingerprint density at radius 2 is 1.23 bits per heavy atom. The Balaban J connectivity index is 1.29. The third-order valence-corrected chi connectivity index (χ3v) is 4.64. The first-order chi connectivity index (χ1) is 15.2. The molecule has 6 nitrogen and oxygen atoms in total. The lowest BCUT2D eigenvalue weighted by atomic mass is 10.1. The summed E-state index contributed by atoms with van der Waals surface area (Å²) in [7, 11) is 1.54. The van der Waals surface area contributed by atoms with Crippen molar-refractivity contribution in [1.29, 1.82) is 0 Å². The Bertz CT molecular complexity index is 1100. The van der Waals surface area contributed by atoms with Crippen LogP contribution in [-0.2, 0) is 19.3 Å². The van der Waals surface area contributed by atoms with Crippen LogP contribution in [0.4, 0.5) is 4.39 Å². The fourth-order valence-electron chi connectivity index (χ4n) is 3.00. The van der Waals surface area contributed by atoms with Crippen LogP contribution in [0.5, 0.6) is 17.5 Å². The molecule has 2 aromatic carbocycles. The highest BCUT2D eigenvalue weighted by Crippen LogP contribution is 2.22. The molecule has 0 spiro atoms. The molecular weight excluding hydrogens is 395 g/mol. The molecule has 156 valence electrons. The lowest BCUT2D eigenvalue weighted by Crippen LogP contribution is -2.00. The van der Waals surface area contributed by atoms with E-state index in [1.165, 1.54) is 19.2 Å². The Labute approximate surface area is 179 Å². The molecule has 0 radical (unpaired) electrons. The number of aromatic nitrogens is 4. The number of ether oxygens (including phenoxy) is 2. The topological polar surface area (TPSA) is 70.0 Å². The van der Waals surface area contributed by atoms with Crippen molar-refractivity contribution < 1.29 is 13.9 Å². The van der Waals surface area contributed by atoms with Gasteiger partial charge in [0.2, 0.25) is 0 Å². The maximum atomic E-state index is 13.0. The zero-order valence-corrected chi connectivity index (χ0v) is 17.0. The molecule has 4 rings (SSSR count). The van der Waals surface area contributed by atoms with Crippen LogP contribution in [0, 0.1) is 5.82 Å². The van der Waals surface area contributed by atoms with Crippen LogP contribution in [0.1, 0.15) is 22.5 Å². The van der Waals surface area contributed by atoms with Crippen molar-refractivity contribution in [3.05, 3.63) is 102 Å². The SMILES string of the molecule is COc1ncc(Cc2cnc(CCc3ccc(Oc4ccc(F)cc4)cc3)nc2)cn1. The van der Waals surface area contributed by atoms with E-state index in [1.807, 2.05) is 36.7 Å². The maximum absolute atomic E-state index is 13.0. The quantitative estimate of drug-likeness (QED) is 0.419. The van der Waals surface area contributed by atoms with Gasteiger partial charge in [0.1, 0.15) is 23.1 Å². The van der Waals surface area contributed by atoms with Crippen molar-refractivity contribution in [1.82, 2.24) is 19.9 Å². The van der Waals surface area contributed by atoms with E-state index >= 15 is 0 Å². The minimum Gasteiger partial charge on any atom is -0.467 e. The zero-order chi connectivity index (χ0) is 21.5. The number of benzene rings is 2. The van der Waals surface area contributed by atoms with Gasteiger partial charge in [-0.3, -0.25) is 0 Å². The van der Waals surface area contributed by atoms with E-state index in [1.54, 1.807) is 24.5 Å². The van der Waals surface area contributed by atoms with Gasteiger partial charge in [-0.05, 0) is 59.5 Å². The van der Waals surface area contributed by atoms with Crippen molar-refractivity contribution in [2.24, 2.45) is 0 Å². The molecule has 0 saturated carbocycles. The fourth-order valence-corrected chi connectivity index (χ4v) is 3.00. The fraction of sp³-hybridized carbons (Fsp3) is 0.167. The molecule has 31 heavy (non-hydrogen) atoms. The first-order valence-corrected chi connectivity index (χ1v) is 9.85. The largest absolute Gasteiger partial charge is 0.467 e. The summed E-state index contributed by atoms with van der Waals surface area (Å²) in [6, 6.07) is 14.1. The summed E-state index contributed by atoms with van der Waals surface area (Å²) in [5.41, 5.74) is 3.13. The Kier molecular flexibility index (Phi) is 6.42. The number of methoxy groups -OCH3 is 1. The smallest absolute Gasteiger partial charge is 0.316 e. The van der Waals surface area contributed by atoms with Gasteiger partial charge in [-0.1, -0.05) is 12.1 Å². The van der Waals surface area contributed by atoms with E-state index in [4.69, 9.17) is 9.47 Å². The normalized spacial score (nSPS) is 10.6. The van der Waals surface area contributed by atoms with E-state index in [0.717, 1.165) is 35.4 Å². The average Bonchev–Trinajstić information content (AvgIpc) is 2.81. The highest BCUT2D eigenvalue weighted by Gasteiger charge is 2.04. The molecule has 4 aromatic rings. The third-order valence-electron chi connectivity index (χ3n) is 4.64. The second kappa shape index (κ2) is 9.75. The molecule has 0 saturated heterocycles. The van der Waals surface area contributed by atoms with Crippen LogP contribution in [0.2, 0.25) is 0 Å². The summed E-state index contributed by atoms with van der Waals surface area (Å²) in [5, 5.41) is 0. The minimum absolute atomic E-state index is 0.285. The average molecular weight is 416 g/mol. The summed E-state index contributed by atoms with van der Waals surface area (Å²) in [4.78, 5) is 17.2. The summed E-state index contributed by atoms with van der Waals surface area (Å²) < 4.78 is 23.7. The maximum Gasteiger partial charge on any atom is 0.316 e. The predicted molar refractivity (Wildman–Crippen MR) is 114 cm³/mol. The van der Waals surface area contributed by atoms with E-state index in [2.05, 4.69) is 19.9 Å². The summed E-state index contributed by atoms with van der Waals surface area (Å²) >= 11 is 0. The summed E-state index contributed by atoms with van der Waals surface area (Å²) in [5.74, 6) is 1.82. The van der Waals surface area contributed by atoms with Crippen LogP contribution in [0.3, 0.4) is 0 Å². The van der Waals surface area contributed by atoms with Gasteiger partial charge in [0.15, 0.2) is 0 Å². The van der Waals surface area contributed by atoms with Gasteiger partial charge in [0.25, 0.3) is 0 Å². The molecule has 0 N–H and O–H groups in total. The van der Waals surface area contributed by atoms with Crippen molar-refractivity contribution >= 4 is 0 Å². The molecule has 7 heteroatoms. The molecule has 0 fully saturated rings. The number of hydrogen-bond acceptors (Lipinski definition) is 6. The predicted octanol–water partition coefficient (Wildman–Crippen LogP) is 4.58. The Hall–Kier alpha value is -3.87. The number of aryl methyl sites for hydroxylation is 2. The highest BCUT2D eigenvalue weighted by molar-refractivity contribution is 5.33. The summed E-state index contributed by atoms with van der Waals surface area (Å²) in [6.07, 6.45) is 9.39. The van der Waals surface area contributed by atoms with Gasteiger partial charge in [0.05, 0.1) is 7.11 Å². The molecular formula is C24H21FN4O2. The second-order valence-corrected chi connectivity index (χ2v) is 6.96. The van der Waals surface area contributed by atoms with Crippen LogP contribution in [-0.4, -0.2) is 27.0 Å². The molecule has 0 aliphatic heterocycles. The van der Waals surface area contributed by atoms with Gasteiger partial charge < -0.3 is 9.47 Å². The number of nitrogens with zero attached hydrogens (tertiary/aromatic N) is 4. The highest BCUT2D eigenvalue weighted by atomic mass is 19.1. The molecule has 0 aliphatic rings. The molecule has 0 bridgehead atoms. The van der Waals surface area contributed by atoms with Gasteiger partial charge in [-0.2, -0.15) is 0 Å². The summed E-state index contributed by atoms with van der Waals surface area (Å²) in [6.45, 7) is 0. The molecule has 0 atom stereocenters. The zero-order valence-electron chi connectivity index (χ0n) is 17.0. The molecule has 2 aromatic heterocycles. The van der Waals surface area contributed by atoms with E-state index in [9.17, 15) is 4.39 Å². The Morgan fingerprint density at radius 1 is 0.677 bits per heavy atom. The lowest BCUT2D eigenvalue weighted by Gasteiger charge is -2.07. The lowest BCUT2D eigenvalue weighted by molar-refractivity contribution is 0.379. The van der Waals surface area contributed by atoms with Crippen molar-refractivity contribution in [3.63, 3.8) is 0 Å². The monoisotopic (exact) mass is 416 g/mol. The number of halogens is 1. The third kappa shape index (κ3) is 5.82. The van der Waals surface area contributed by atoms with Crippen LogP contribution in [0.25, 0.3) is 0 Å².